The first kappa shape index (κ1) is 21.9. The molecule has 0 unspecified atom stereocenters. The van der Waals surface area contributed by atoms with Crippen molar-refractivity contribution in [1.29, 1.82) is 0 Å². The molecule has 5 rings (SSSR count). The number of halogens is 3. The number of alkyl halides is 2. The van der Waals surface area contributed by atoms with E-state index in [1.165, 1.54) is 12.0 Å². The lowest BCUT2D eigenvalue weighted by molar-refractivity contribution is -0.123. The summed E-state index contributed by atoms with van der Waals surface area (Å²) in [6, 6.07) is 11.5. The molecule has 3 aliphatic rings. The second kappa shape index (κ2) is 8.15. The molecule has 9 heteroatoms. The van der Waals surface area contributed by atoms with Crippen LogP contribution in [0.4, 0.5) is 11.4 Å². The molecule has 2 saturated carbocycles. The zero-order chi connectivity index (χ0) is 22.7. The van der Waals surface area contributed by atoms with Gasteiger partial charge in [0.25, 0.3) is 5.91 Å². The molecular weight excluding hydrogens is 564 g/mol. The standard InChI is InChI=1S/C23H19Br2ClN2O4/c1-32-16-6-5-11(26)8-15(16)27-21(29)10-3-2-4-12(7-10)28-22(30)17-13-9-14(18(17)23(28)31)20(25)19(13)24/h2-8,13-14,17-20H,9H2,1H3,(H,27,29)/t13-,14-,17-,18-,19-,20+/m1/s1. The van der Waals surface area contributed by atoms with Crippen LogP contribution in [0.25, 0.3) is 0 Å². The van der Waals surface area contributed by atoms with Gasteiger partial charge in [-0.1, -0.05) is 49.5 Å². The van der Waals surface area contributed by atoms with Crippen LogP contribution in [0.3, 0.4) is 0 Å². The number of ether oxygens (including phenoxy) is 1. The summed E-state index contributed by atoms with van der Waals surface area (Å²) < 4.78 is 5.28. The highest BCUT2D eigenvalue weighted by atomic mass is 79.9. The molecule has 1 aliphatic heterocycles. The van der Waals surface area contributed by atoms with Gasteiger partial charge in [0.15, 0.2) is 0 Å². The molecule has 2 aliphatic carbocycles. The number of carbonyl (C=O) groups is 3. The van der Waals surface area contributed by atoms with Crippen molar-refractivity contribution in [2.75, 3.05) is 17.3 Å². The number of imide groups is 1. The number of anilines is 2. The summed E-state index contributed by atoms with van der Waals surface area (Å²) in [5, 5.41) is 3.24. The summed E-state index contributed by atoms with van der Waals surface area (Å²) in [5.74, 6) is -0.614. The Morgan fingerprint density at radius 2 is 1.72 bits per heavy atom. The third-order valence-electron chi connectivity index (χ3n) is 6.76. The lowest BCUT2D eigenvalue weighted by atomic mass is 9.81. The minimum Gasteiger partial charge on any atom is -0.495 e. The molecule has 2 bridgehead atoms. The Bertz CT molecular complexity index is 1110. The van der Waals surface area contributed by atoms with Crippen LogP contribution < -0.4 is 15.0 Å². The maximum absolute atomic E-state index is 13.3. The smallest absolute Gasteiger partial charge is 0.255 e. The van der Waals surface area contributed by atoms with E-state index in [-0.39, 0.29) is 45.1 Å². The fraction of sp³-hybridized carbons (Fsp3) is 0.348. The van der Waals surface area contributed by atoms with Gasteiger partial charge < -0.3 is 10.1 Å². The zero-order valence-electron chi connectivity index (χ0n) is 16.9. The average molecular weight is 583 g/mol. The number of benzene rings is 2. The van der Waals surface area contributed by atoms with Crippen LogP contribution in [0.5, 0.6) is 5.75 Å². The van der Waals surface area contributed by atoms with Crippen molar-refractivity contribution in [3.8, 4) is 5.75 Å². The number of nitrogens with zero attached hydrogens (tertiary/aromatic N) is 1. The summed E-state index contributed by atoms with van der Waals surface area (Å²) in [7, 11) is 1.50. The number of amides is 3. The predicted octanol–water partition coefficient (Wildman–Crippen LogP) is 4.88. The molecule has 3 fully saturated rings. The SMILES string of the molecule is COc1ccc(Cl)cc1NC(=O)c1cccc(N2C(=O)[C@@H]3[C@H]4C[C@@H]([C@@H](Br)[C@H]4Br)[C@H]3C2=O)c1. The highest BCUT2D eigenvalue weighted by molar-refractivity contribution is 9.12. The second-order valence-electron chi connectivity index (χ2n) is 8.36. The van der Waals surface area contributed by atoms with E-state index in [1.807, 2.05) is 0 Å². The third kappa shape index (κ3) is 3.30. The largest absolute Gasteiger partial charge is 0.495 e. The van der Waals surface area contributed by atoms with E-state index in [1.54, 1.807) is 42.5 Å². The van der Waals surface area contributed by atoms with Gasteiger partial charge in [-0.2, -0.15) is 0 Å². The highest BCUT2D eigenvalue weighted by Crippen LogP contribution is 2.60. The van der Waals surface area contributed by atoms with Gasteiger partial charge in [-0.15, -0.1) is 0 Å². The minimum atomic E-state index is -0.396. The van der Waals surface area contributed by atoms with Gasteiger partial charge in [-0.25, -0.2) is 0 Å². The molecule has 6 atom stereocenters. The molecule has 2 aromatic carbocycles. The lowest BCUT2D eigenvalue weighted by Crippen LogP contribution is -2.37. The maximum Gasteiger partial charge on any atom is 0.255 e. The fourth-order valence-corrected chi connectivity index (χ4v) is 7.41. The lowest BCUT2D eigenvalue weighted by Gasteiger charge is -2.28. The van der Waals surface area contributed by atoms with Crippen molar-refractivity contribution in [3.63, 3.8) is 0 Å². The van der Waals surface area contributed by atoms with E-state index in [4.69, 9.17) is 16.3 Å². The van der Waals surface area contributed by atoms with Crippen molar-refractivity contribution in [2.24, 2.45) is 23.7 Å². The molecule has 166 valence electrons. The molecule has 1 heterocycles. The second-order valence-corrected chi connectivity index (χ2v) is 10.9. The van der Waals surface area contributed by atoms with E-state index < -0.39 is 5.91 Å². The summed E-state index contributed by atoms with van der Waals surface area (Å²) in [4.78, 5) is 41.1. The molecule has 6 nitrogen and oxygen atoms in total. The predicted molar refractivity (Wildman–Crippen MR) is 129 cm³/mol. The first-order chi connectivity index (χ1) is 15.3. The number of hydrogen-bond donors (Lipinski definition) is 1. The Hall–Kier alpha value is -1.90. The van der Waals surface area contributed by atoms with Crippen molar-refractivity contribution in [2.45, 2.75) is 16.1 Å². The van der Waals surface area contributed by atoms with Gasteiger partial charge in [-0.05, 0) is 54.7 Å². The monoisotopic (exact) mass is 580 g/mol. The number of fused-ring (bicyclic) bond motifs is 5. The first-order valence-corrected chi connectivity index (χ1v) is 12.4. The quantitative estimate of drug-likeness (QED) is 0.412. The minimum absolute atomic E-state index is 0.137. The molecule has 0 aromatic heterocycles. The Balaban J connectivity index is 1.42. The van der Waals surface area contributed by atoms with E-state index in [0.717, 1.165) is 6.42 Å². The first-order valence-electron chi connectivity index (χ1n) is 10.2. The molecule has 32 heavy (non-hydrogen) atoms. The van der Waals surface area contributed by atoms with Crippen LogP contribution in [0.2, 0.25) is 5.02 Å². The summed E-state index contributed by atoms with van der Waals surface area (Å²) in [6.07, 6.45) is 0.871. The fourth-order valence-electron chi connectivity index (χ4n) is 5.36. The van der Waals surface area contributed by atoms with Gasteiger partial charge in [0, 0.05) is 20.2 Å². The Morgan fingerprint density at radius 3 is 2.34 bits per heavy atom. The van der Waals surface area contributed by atoms with Crippen LogP contribution in [0.1, 0.15) is 16.8 Å². The van der Waals surface area contributed by atoms with Crippen LogP contribution in [-0.2, 0) is 9.59 Å². The van der Waals surface area contributed by atoms with Crippen molar-refractivity contribution >= 4 is 72.6 Å². The molecular formula is C23H19Br2ClN2O4. The van der Waals surface area contributed by atoms with Crippen molar-refractivity contribution in [1.82, 2.24) is 0 Å². The average Bonchev–Trinajstić information content (AvgIpc) is 3.39. The van der Waals surface area contributed by atoms with E-state index in [2.05, 4.69) is 37.2 Å². The highest BCUT2D eigenvalue weighted by Gasteiger charge is 2.66. The van der Waals surface area contributed by atoms with Gasteiger partial charge >= 0.3 is 0 Å². The van der Waals surface area contributed by atoms with Gasteiger partial charge in [-0.3, -0.25) is 19.3 Å². The Kier molecular flexibility index (Phi) is 5.58. The molecule has 1 saturated heterocycles. The van der Waals surface area contributed by atoms with Gasteiger partial charge in [0.05, 0.1) is 30.3 Å². The van der Waals surface area contributed by atoms with Crippen molar-refractivity contribution in [3.05, 3.63) is 53.1 Å². The normalized spacial score (nSPS) is 30.6. The van der Waals surface area contributed by atoms with Crippen LogP contribution in [0.15, 0.2) is 42.5 Å². The Labute approximate surface area is 206 Å². The van der Waals surface area contributed by atoms with Gasteiger partial charge in [0.1, 0.15) is 5.75 Å². The number of carbonyl (C=O) groups excluding carboxylic acids is 3. The maximum atomic E-state index is 13.3. The van der Waals surface area contributed by atoms with Gasteiger partial charge in [0.2, 0.25) is 11.8 Å². The van der Waals surface area contributed by atoms with E-state index >= 15 is 0 Å². The summed E-state index contributed by atoms with van der Waals surface area (Å²) >= 11 is 13.4. The molecule has 3 amide bonds. The third-order valence-corrected chi connectivity index (χ3v) is 10.2. The number of hydrogen-bond acceptors (Lipinski definition) is 4. The van der Waals surface area contributed by atoms with E-state index in [9.17, 15) is 14.4 Å². The van der Waals surface area contributed by atoms with E-state index in [0.29, 0.717) is 27.7 Å². The molecule has 1 N–H and O–H groups in total. The number of rotatable bonds is 4. The molecule has 0 spiro atoms. The summed E-state index contributed by atoms with van der Waals surface area (Å²) in [6.45, 7) is 0. The Morgan fingerprint density at radius 1 is 1.06 bits per heavy atom. The molecule has 0 radical (unpaired) electrons. The number of methoxy groups -OCH3 is 1. The van der Waals surface area contributed by atoms with Crippen LogP contribution in [0, 0.1) is 23.7 Å². The number of nitrogens with one attached hydrogen (secondary N) is 1. The van der Waals surface area contributed by atoms with Crippen LogP contribution >= 0.6 is 43.5 Å². The summed E-state index contributed by atoms with van der Waals surface area (Å²) in [5.41, 5.74) is 1.17. The topological polar surface area (TPSA) is 75.7 Å². The zero-order valence-corrected chi connectivity index (χ0v) is 20.9. The molecule has 2 aromatic rings. The van der Waals surface area contributed by atoms with Crippen molar-refractivity contribution < 1.29 is 19.1 Å². The van der Waals surface area contributed by atoms with Crippen LogP contribution in [-0.4, -0.2) is 34.5 Å².